The summed E-state index contributed by atoms with van der Waals surface area (Å²) >= 11 is 0. The fourth-order valence-electron chi connectivity index (χ4n) is 2.63. The molecule has 0 aliphatic heterocycles. The fraction of sp³-hybridized carbons (Fsp3) is 0.294. The largest absolute Gasteiger partial charge is 0.457 e. The lowest BCUT2D eigenvalue weighted by molar-refractivity contribution is 0.482. The maximum atomic E-state index is 5.92. The summed E-state index contributed by atoms with van der Waals surface area (Å²) in [7, 11) is 1.95. The van der Waals surface area contributed by atoms with Crippen LogP contribution in [0.4, 0.5) is 0 Å². The number of hydrogen-bond acceptors (Lipinski definition) is 2. The minimum absolute atomic E-state index is 0.888. The molecule has 0 atom stereocenters. The highest BCUT2D eigenvalue weighted by Crippen LogP contribution is 2.28. The quantitative estimate of drug-likeness (QED) is 0.897. The van der Waals surface area contributed by atoms with Crippen molar-refractivity contribution in [2.75, 3.05) is 7.05 Å². The zero-order valence-corrected chi connectivity index (χ0v) is 11.3. The van der Waals surface area contributed by atoms with Gasteiger partial charge in [0.05, 0.1) is 0 Å². The zero-order valence-electron chi connectivity index (χ0n) is 11.3. The molecular weight excluding hydrogens is 234 g/mol. The van der Waals surface area contributed by atoms with E-state index < -0.39 is 0 Å². The van der Waals surface area contributed by atoms with Gasteiger partial charge in [0.15, 0.2) is 0 Å². The first-order chi connectivity index (χ1) is 9.35. The minimum atomic E-state index is 0.888. The molecule has 19 heavy (non-hydrogen) atoms. The molecule has 0 aromatic heterocycles. The van der Waals surface area contributed by atoms with E-state index >= 15 is 0 Å². The lowest BCUT2D eigenvalue weighted by Crippen LogP contribution is -2.04. The molecule has 2 heteroatoms. The lowest BCUT2D eigenvalue weighted by Gasteiger charge is -2.08. The maximum absolute atomic E-state index is 5.92. The third kappa shape index (κ3) is 2.79. The summed E-state index contributed by atoms with van der Waals surface area (Å²) in [6.45, 7) is 0.888. The summed E-state index contributed by atoms with van der Waals surface area (Å²) in [5.74, 6) is 1.85. The van der Waals surface area contributed by atoms with E-state index in [0.29, 0.717) is 0 Å². The highest BCUT2D eigenvalue weighted by Gasteiger charge is 2.11. The third-order valence-corrected chi connectivity index (χ3v) is 3.61. The number of hydrogen-bond donors (Lipinski definition) is 1. The second kappa shape index (κ2) is 5.45. The molecule has 0 spiro atoms. The predicted molar refractivity (Wildman–Crippen MR) is 77.7 cm³/mol. The summed E-state index contributed by atoms with van der Waals surface area (Å²) in [5, 5.41) is 3.14. The van der Waals surface area contributed by atoms with E-state index in [1.165, 1.54) is 36.0 Å². The highest BCUT2D eigenvalue weighted by molar-refractivity contribution is 5.40. The predicted octanol–water partition coefficient (Wildman–Crippen LogP) is 3.69. The van der Waals surface area contributed by atoms with Gasteiger partial charge in [0, 0.05) is 6.54 Å². The topological polar surface area (TPSA) is 21.3 Å². The molecule has 3 rings (SSSR count). The van der Waals surface area contributed by atoms with Crippen molar-refractivity contribution in [2.24, 2.45) is 0 Å². The molecule has 1 aliphatic carbocycles. The number of benzene rings is 2. The number of nitrogens with one attached hydrogen (secondary N) is 1. The zero-order chi connectivity index (χ0) is 13.1. The van der Waals surface area contributed by atoms with Gasteiger partial charge in [-0.3, -0.25) is 0 Å². The van der Waals surface area contributed by atoms with Crippen LogP contribution in [0.2, 0.25) is 0 Å². The van der Waals surface area contributed by atoms with Gasteiger partial charge in [-0.1, -0.05) is 18.2 Å². The van der Waals surface area contributed by atoms with Gasteiger partial charge < -0.3 is 10.1 Å². The van der Waals surface area contributed by atoms with Crippen LogP contribution in [-0.2, 0) is 19.4 Å². The smallest absolute Gasteiger partial charge is 0.127 e. The van der Waals surface area contributed by atoms with Crippen molar-refractivity contribution in [3.05, 3.63) is 59.2 Å². The molecule has 0 bridgehead atoms. The van der Waals surface area contributed by atoms with E-state index in [2.05, 4.69) is 35.6 Å². The summed E-state index contributed by atoms with van der Waals surface area (Å²) < 4.78 is 5.92. The van der Waals surface area contributed by atoms with Crippen LogP contribution in [0.15, 0.2) is 42.5 Å². The Labute approximate surface area is 114 Å². The first-order valence-electron chi connectivity index (χ1n) is 6.88. The van der Waals surface area contributed by atoms with E-state index in [1.807, 2.05) is 19.2 Å². The first-order valence-corrected chi connectivity index (χ1v) is 6.88. The Morgan fingerprint density at radius 2 is 1.68 bits per heavy atom. The fourth-order valence-corrected chi connectivity index (χ4v) is 2.63. The van der Waals surface area contributed by atoms with Crippen LogP contribution >= 0.6 is 0 Å². The Bertz CT molecular complexity index is 560. The van der Waals surface area contributed by atoms with Crippen LogP contribution in [0.1, 0.15) is 23.1 Å². The molecule has 0 fully saturated rings. The molecule has 2 nitrogen and oxygen atoms in total. The molecule has 0 saturated heterocycles. The molecule has 1 aliphatic rings. The van der Waals surface area contributed by atoms with Gasteiger partial charge >= 0.3 is 0 Å². The van der Waals surface area contributed by atoms with Crippen molar-refractivity contribution in [1.29, 1.82) is 0 Å². The summed E-state index contributed by atoms with van der Waals surface area (Å²) in [4.78, 5) is 0. The molecule has 0 unspecified atom stereocenters. The number of aryl methyl sites for hydroxylation is 2. The maximum Gasteiger partial charge on any atom is 0.127 e. The van der Waals surface area contributed by atoms with E-state index in [9.17, 15) is 0 Å². The van der Waals surface area contributed by atoms with Crippen LogP contribution in [0.3, 0.4) is 0 Å². The molecule has 98 valence electrons. The van der Waals surface area contributed by atoms with Crippen molar-refractivity contribution in [2.45, 2.75) is 25.8 Å². The Morgan fingerprint density at radius 1 is 0.947 bits per heavy atom. The van der Waals surface area contributed by atoms with Crippen LogP contribution in [0.25, 0.3) is 0 Å². The molecule has 2 aromatic rings. The highest BCUT2D eigenvalue weighted by atomic mass is 16.5. The van der Waals surface area contributed by atoms with Gasteiger partial charge in [-0.15, -0.1) is 0 Å². The van der Waals surface area contributed by atoms with Crippen LogP contribution in [0, 0.1) is 0 Å². The third-order valence-electron chi connectivity index (χ3n) is 3.61. The van der Waals surface area contributed by atoms with Gasteiger partial charge in [-0.2, -0.15) is 0 Å². The van der Waals surface area contributed by atoms with E-state index in [4.69, 9.17) is 4.74 Å². The van der Waals surface area contributed by atoms with E-state index in [1.54, 1.807) is 0 Å². The van der Waals surface area contributed by atoms with Crippen LogP contribution in [0.5, 0.6) is 11.5 Å². The van der Waals surface area contributed by atoms with Crippen LogP contribution < -0.4 is 10.1 Å². The van der Waals surface area contributed by atoms with Crippen LogP contribution in [-0.4, -0.2) is 7.05 Å². The lowest BCUT2D eigenvalue weighted by atomic mass is 10.1. The summed E-state index contributed by atoms with van der Waals surface area (Å²) in [5.41, 5.74) is 4.20. The average molecular weight is 253 g/mol. The first kappa shape index (κ1) is 12.2. The van der Waals surface area contributed by atoms with Gasteiger partial charge in [-0.05, 0) is 67.3 Å². The SMILES string of the molecule is CNCc1ccc(Oc2ccc3c(c2)CCC3)cc1. The van der Waals surface area contributed by atoms with Gasteiger partial charge in [-0.25, -0.2) is 0 Å². The van der Waals surface area contributed by atoms with Crippen molar-refractivity contribution < 1.29 is 4.74 Å². The molecule has 1 N–H and O–H groups in total. The molecule has 2 aromatic carbocycles. The van der Waals surface area contributed by atoms with Gasteiger partial charge in [0.1, 0.15) is 11.5 Å². The minimum Gasteiger partial charge on any atom is -0.457 e. The van der Waals surface area contributed by atoms with Crippen molar-refractivity contribution in [1.82, 2.24) is 5.32 Å². The second-order valence-electron chi connectivity index (χ2n) is 5.06. The molecule has 0 radical (unpaired) electrons. The van der Waals surface area contributed by atoms with Crippen molar-refractivity contribution in [3.63, 3.8) is 0 Å². The molecule has 0 amide bonds. The molecular formula is C17H19NO. The average Bonchev–Trinajstić information content (AvgIpc) is 2.89. The monoisotopic (exact) mass is 253 g/mol. The standard InChI is InChI=1S/C17H19NO/c1-18-12-13-5-8-16(9-6-13)19-17-10-7-14-3-2-4-15(14)11-17/h5-11,18H,2-4,12H2,1H3. The Hall–Kier alpha value is -1.80. The summed E-state index contributed by atoms with van der Waals surface area (Å²) in [6.07, 6.45) is 3.68. The molecule has 0 heterocycles. The van der Waals surface area contributed by atoms with Crippen molar-refractivity contribution in [3.8, 4) is 11.5 Å². The second-order valence-corrected chi connectivity index (χ2v) is 5.06. The Kier molecular flexibility index (Phi) is 3.51. The molecule has 0 saturated carbocycles. The number of ether oxygens (including phenoxy) is 1. The van der Waals surface area contributed by atoms with Gasteiger partial charge in [0.2, 0.25) is 0 Å². The normalized spacial score (nSPS) is 13.3. The number of fused-ring (bicyclic) bond motifs is 1. The summed E-state index contributed by atoms with van der Waals surface area (Å²) in [6, 6.07) is 14.7. The Balaban J connectivity index is 1.74. The van der Waals surface area contributed by atoms with Crippen molar-refractivity contribution >= 4 is 0 Å². The van der Waals surface area contributed by atoms with E-state index in [-0.39, 0.29) is 0 Å². The number of rotatable bonds is 4. The van der Waals surface area contributed by atoms with E-state index in [0.717, 1.165) is 18.0 Å². The Morgan fingerprint density at radius 3 is 2.47 bits per heavy atom. The van der Waals surface area contributed by atoms with Gasteiger partial charge in [0.25, 0.3) is 0 Å².